The lowest BCUT2D eigenvalue weighted by atomic mass is 10.2. The summed E-state index contributed by atoms with van der Waals surface area (Å²) in [6.45, 7) is -0.359. The molecule has 2 rings (SSSR count). The summed E-state index contributed by atoms with van der Waals surface area (Å²) in [6, 6.07) is 5.37. The summed E-state index contributed by atoms with van der Waals surface area (Å²) in [5, 5.41) is 2.69. The van der Waals surface area contributed by atoms with Crippen molar-refractivity contribution in [3.63, 3.8) is 0 Å². The highest BCUT2D eigenvalue weighted by molar-refractivity contribution is 7.89. The van der Waals surface area contributed by atoms with Gasteiger partial charge in [0.15, 0.2) is 6.61 Å². The van der Waals surface area contributed by atoms with E-state index in [9.17, 15) is 18.0 Å². The van der Waals surface area contributed by atoms with Crippen LogP contribution in [0.3, 0.4) is 0 Å². The molecule has 0 atom stereocenters. The van der Waals surface area contributed by atoms with Gasteiger partial charge in [-0.25, -0.2) is 13.2 Å². The van der Waals surface area contributed by atoms with Crippen molar-refractivity contribution in [3.8, 4) is 0 Å². The zero-order valence-corrected chi connectivity index (χ0v) is 13.6. The van der Waals surface area contributed by atoms with Gasteiger partial charge in [0.05, 0.1) is 17.6 Å². The van der Waals surface area contributed by atoms with E-state index in [1.807, 2.05) is 0 Å². The number of nitrogens with one attached hydrogen (secondary N) is 1. The van der Waals surface area contributed by atoms with E-state index in [0.717, 1.165) is 12.8 Å². The van der Waals surface area contributed by atoms with Crippen LogP contribution in [-0.2, 0) is 24.4 Å². The van der Waals surface area contributed by atoms with Crippen molar-refractivity contribution in [2.45, 2.75) is 23.8 Å². The number of hydrogen-bond donors (Lipinski definition) is 1. The number of benzene rings is 1. The summed E-state index contributed by atoms with van der Waals surface area (Å²) in [6.07, 6.45) is 1.90. The second-order valence-electron chi connectivity index (χ2n) is 5.04. The molecule has 23 heavy (non-hydrogen) atoms. The Balaban J connectivity index is 1.95. The number of hydrogen-bond acceptors (Lipinski definition) is 6. The van der Waals surface area contributed by atoms with Crippen LogP contribution in [-0.4, -0.2) is 51.6 Å². The molecule has 0 saturated heterocycles. The van der Waals surface area contributed by atoms with E-state index < -0.39 is 16.0 Å². The molecule has 1 aliphatic carbocycles. The molecule has 1 aliphatic rings. The number of esters is 1. The molecule has 126 valence electrons. The highest BCUT2D eigenvalue weighted by Crippen LogP contribution is 2.18. The molecular weight excluding hydrogens is 324 g/mol. The summed E-state index contributed by atoms with van der Waals surface area (Å²) in [5.74, 6) is -1.04. The van der Waals surface area contributed by atoms with Gasteiger partial charge in [-0.15, -0.1) is 0 Å². The number of carbonyl (C=O) groups is 2. The van der Waals surface area contributed by atoms with Crippen molar-refractivity contribution in [2.75, 3.05) is 20.8 Å². The van der Waals surface area contributed by atoms with Crippen LogP contribution >= 0.6 is 0 Å². The van der Waals surface area contributed by atoms with E-state index in [-0.39, 0.29) is 29.0 Å². The Hall–Kier alpha value is -1.97. The lowest BCUT2D eigenvalue weighted by Crippen LogP contribution is -2.30. The summed E-state index contributed by atoms with van der Waals surface area (Å²) in [5.41, 5.74) is 0.156. The fourth-order valence-electron chi connectivity index (χ4n) is 1.72. The molecule has 0 unspecified atom stereocenters. The summed E-state index contributed by atoms with van der Waals surface area (Å²) in [4.78, 5) is 27.9. The van der Waals surface area contributed by atoms with Gasteiger partial charge >= 0.3 is 5.97 Å². The van der Waals surface area contributed by atoms with Gasteiger partial charge in [-0.1, -0.05) is 4.47 Å². The lowest BCUT2D eigenvalue weighted by Gasteiger charge is -2.14. The normalized spacial score (nSPS) is 14.6. The van der Waals surface area contributed by atoms with E-state index in [4.69, 9.17) is 4.74 Å². The molecule has 1 amide bonds. The summed E-state index contributed by atoms with van der Waals surface area (Å²) >= 11 is 0. The monoisotopic (exact) mass is 342 g/mol. The molecule has 0 aliphatic heterocycles. The quantitative estimate of drug-likeness (QED) is 0.565. The molecule has 1 saturated carbocycles. The molecular formula is C14H18N2O6S. The number of sulfonamides is 1. The van der Waals surface area contributed by atoms with Crippen molar-refractivity contribution in [3.05, 3.63) is 29.8 Å². The minimum Gasteiger partial charge on any atom is -0.452 e. The molecule has 1 aromatic carbocycles. The van der Waals surface area contributed by atoms with Gasteiger partial charge in [-0.2, -0.15) is 0 Å². The van der Waals surface area contributed by atoms with Crippen LogP contribution in [0.25, 0.3) is 0 Å². The van der Waals surface area contributed by atoms with Crippen LogP contribution in [0.15, 0.2) is 29.2 Å². The Kier molecular flexibility index (Phi) is 5.34. The van der Waals surface area contributed by atoms with Crippen molar-refractivity contribution >= 4 is 21.9 Å². The minimum absolute atomic E-state index is 0.0233. The third kappa shape index (κ3) is 4.50. The zero-order chi connectivity index (χ0) is 17.0. The van der Waals surface area contributed by atoms with Crippen molar-refractivity contribution in [2.24, 2.45) is 0 Å². The molecule has 1 aromatic rings. The topological polar surface area (TPSA) is 102 Å². The second kappa shape index (κ2) is 7.07. The maximum Gasteiger partial charge on any atom is 0.338 e. The van der Waals surface area contributed by atoms with Crippen LogP contribution < -0.4 is 5.32 Å². The Morgan fingerprint density at radius 1 is 1.26 bits per heavy atom. The van der Waals surface area contributed by atoms with Crippen LogP contribution in [0.5, 0.6) is 0 Å². The first-order valence-corrected chi connectivity index (χ1v) is 8.38. The largest absolute Gasteiger partial charge is 0.452 e. The third-order valence-corrected chi connectivity index (χ3v) is 4.95. The minimum atomic E-state index is -3.77. The first kappa shape index (κ1) is 17.4. The van der Waals surface area contributed by atoms with Gasteiger partial charge in [-0.3, -0.25) is 9.63 Å². The first-order valence-electron chi connectivity index (χ1n) is 6.94. The van der Waals surface area contributed by atoms with Gasteiger partial charge in [0.25, 0.3) is 15.9 Å². The molecule has 0 heterocycles. The molecule has 0 spiro atoms. The van der Waals surface area contributed by atoms with E-state index in [0.29, 0.717) is 4.47 Å². The average molecular weight is 342 g/mol. The number of nitrogens with zero attached hydrogens (tertiary/aromatic N) is 1. The third-order valence-electron chi connectivity index (χ3n) is 3.26. The van der Waals surface area contributed by atoms with E-state index in [1.165, 1.54) is 38.4 Å². The molecule has 1 fully saturated rings. The second-order valence-corrected chi connectivity index (χ2v) is 6.98. The van der Waals surface area contributed by atoms with Gasteiger partial charge < -0.3 is 10.1 Å². The fourth-order valence-corrected chi connectivity index (χ4v) is 2.69. The number of carbonyl (C=O) groups excluding carboxylic acids is 2. The number of rotatable bonds is 7. The van der Waals surface area contributed by atoms with E-state index in [2.05, 4.69) is 10.2 Å². The Morgan fingerprint density at radius 3 is 2.39 bits per heavy atom. The SMILES string of the molecule is CON(C)S(=O)(=O)c1ccc(C(=O)OCC(=O)NC2CC2)cc1. The average Bonchev–Trinajstić information content (AvgIpc) is 3.35. The summed E-state index contributed by atoms with van der Waals surface area (Å²) in [7, 11) is -1.28. The number of hydroxylamine groups is 1. The molecule has 8 nitrogen and oxygen atoms in total. The highest BCUT2D eigenvalue weighted by Gasteiger charge is 2.24. The van der Waals surface area contributed by atoms with Gasteiger partial charge in [0, 0.05) is 13.1 Å². The zero-order valence-electron chi connectivity index (χ0n) is 12.8. The molecule has 0 radical (unpaired) electrons. The van der Waals surface area contributed by atoms with Gasteiger partial charge in [0.2, 0.25) is 0 Å². The first-order chi connectivity index (χ1) is 10.8. The smallest absolute Gasteiger partial charge is 0.338 e. The molecule has 1 N–H and O–H groups in total. The van der Waals surface area contributed by atoms with Crippen molar-refractivity contribution in [1.29, 1.82) is 0 Å². The maximum absolute atomic E-state index is 12.0. The van der Waals surface area contributed by atoms with E-state index in [1.54, 1.807) is 0 Å². The molecule has 9 heteroatoms. The number of ether oxygens (including phenoxy) is 1. The van der Waals surface area contributed by atoms with Crippen LogP contribution in [0.4, 0.5) is 0 Å². The Bertz CT molecular complexity index is 682. The summed E-state index contributed by atoms with van der Waals surface area (Å²) < 4.78 is 29.6. The Morgan fingerprint density at radius 2 is 1.87 bits per heavy atom. The van der Waals surface area contributed by atoms with Crippen LogP contribution in [0.1, 0.15) is 23.2 Å². The van der Waals surface area contributed by atoms with Crippen molar-refractivity contribution in [1.82, 2.24) is 9.79 Å². The predicted molar refractivity (Wildman–Crippen MR) is 79.8 cm³/mol. The van der Waals surface area contributed by atoms with Crippen molar-refractivity contribution < 1.29 is 27.6 Å². The van der Waals surface area contributed by atoms with Crippen LogP contribution in [0, 0.1) is 0 Å². The van der Waals surface area contributed by atoms with E-state index >= 15 is 0 Å². The highest BCUT2D eigenvalue weighted by atomic mass is 32.2. The number of amides is 1. The van der Waals surface area contributed by atoms with Crippen LogP contribution in [0.2, 0.25) is 0 Å². The fraction of sp³-hybridized carbons (Fsp3) is 0.429. The lowest BCUT2D eigenvalue weighted by molar-refractivity contribution is -0.124. The standard InChI is InChI=1S/C14H18N2O6S/c1-16(21-2)23(19,20)12-7-3-10(4-8-12)14(18)22-9-13(17)15-11-5-6-11/h3-4,7-8,11H,5-6,9H2,1-2H3,(H,15,17). The molecule has 0 bridgehead atoms. The molecule has 0 aromatic heterocycles. The maximum atomic E-state index is 12.0. The predicted octanol–water partition coefficient (Wildman–Crippen LogP) is 0.304. The Labute approximate surface area is 134 Å². The van der Waals surface area contributed by atoms with Gasteiger partial charge in [0.1, 0.15) is 0 Å². The van der Waals surface area contributed by atoms with Gasteiger partial charge in [-0.05, 0) is 37.1 Å².